The normalized spacial score (nSPS) is 20.1. The van der Waals surface area contributed by atoms with E-state index < -0.39 is 6.03 Å². The maximum Gasteiger partial charge on any atom is 0.321 e. The van der Waals surface area contributed by atoms with Gasteiger partial charge < -0.3 is 15.4 Å². The molecule has 7 heteroatoms. The third-order valence-electron chi connectivity index (χ3n) is 4.11. The molecular weight excluding hydrogens is 310 g/mol. The van der Waals surface area contributed by atoms with E-state index in [1.54, 1.807) is 14.0 Å². The Labute approximate surface area is 141 Å². The molecule has 0 aromatic heterocycles. The Morgan fingerprint density at radius 2 is 1.96 bits per heavy atom. The summed E-state index contributed by atoms with van der Waals surface area (Å²) in [6, 6.07) is 6.94. The molecule has 1 aliphatic rings. The summed E-state index contributed by atoms with van der Waals surface area (Å²) in [4.78, 5) is 34.8. The first-order valence-corrected chi connectivity index (χ1v) is 8.00. The van der Waals surface area contributed by atoms with E-state index in [9.17, 15) is 14.4 Å². The Morgan fingerprint density at radius 3 is 2.58 bits per heavy atom. The van der Waals surface area contributed by atoms with Crippen molar-refractivity contribution in [1.29, 1.82) is 0 Å². The van der Waals surface area contributed by atoms with Crippen LogP contribution in [-0.4, -0.2) is 37.5 Å². The van der Waals surface area contributed by atoms with Gasteiger partial charge in [0.25, 0.3) is 0 Å². The first-order valence-electron chi connectivity index (χ1n) is 8.00. The van der Waals surface area contributed by atoms with Gasteiger partial charge in [-0.25, -0.2) is 4.79 Å². The monoisotopic (exact) mass is 333 g/mol. The molecule has 24 heavy (non-hydrogen) atoms. The van der Waals surface area contributed by atoms with Crippen molar-refractivity contribution >= 4 is 17.8 Å². The highest BCUT2D eigenvalue weighted by atomic mass is 16.5. The second-order valence-corrected chi connectivity index (χ2v) is 5.84. The van der Waals surface area contributed by atoms with Gasteiger partial charge in [0.2, 0.25) is 11.8 Å². The first kappa shape index (κ1) is 17.8. The number of benzene rings is 1. The molecule has 1 aromatic carbocycles. The molecule has 3 N–H and O–H groups in total. The van der Waals surface area contributed by atoms with Crippen LogP contribution in [0, 0.1) is 5.92 Å². The number of hydrogen-bond acceptors (Lipinski definition) is 4. The average Bonchev–Trinajstić information content (AvgIpc) is 2.54. The highest BCUT2D eigenvalue weighted by Crippen LogP contribution is 2.15. The standard InChI is InChI=1S/C17H23N3O4/c1-11-14(16(22)20-17(23)19-11)7-8-15(21)18-10-9-12-3-5-13(24-2)6-4-12/h3-6,11,14H,7-10H2,1-2H3,(H,18,21)(H2,19,20,22,23). The Balaban J connectivity index is 1.69. The molecule has 0 spiro atoms. The molecule has 0 radical (unpaired) electrons. The molecule has 0 saturated carbocycles. The van der Waals surface area contributed by atoms with Crippen molar-refractivity contribution in [2.45, 2.75) is 32.2 Å². The van der Waals surface area contributed by atoms with Crippen LogP contribution < -0.4 is 20.7 Å². The number of imide groups is 1. The summed E-state index contributed by atoms with van der Waals surface area (Å²) >= 11 is 0. The third-order valence-corrected chi connectivity index (χ3v) is 4.11. The number of rotatable bonds is 7. The fourth-order valence-corrected chi connectivity index (χ4v) is 2.67. The minimum absolute atomic E-state index is 0.0968. The van der Waals surface area contributed by atoms with Gasteiger partial charge in [-0.2, -0.15) is 0 Å². The van der Waals surface area contributed by atoms with Gasteiger partial charge in [0.15, 0.2) is 0 Å². The maximum atomic E-state index is 11.9. The van der Waals surface area contributed by atoms with Crippen LogP contribution in [0.2, 0.25) is 0 Å². The lowest BCUT2D eigenvalue weighted by atomic mass is 9.93. The van der Waals surface area contributed by atoms with E-state index in [1.165, 1.54) is 0 Å². The van der Waals surface area contributed by atoms with Crippen molar-refractivity contribution in [2.24, 2.45) is 5.92 Å². The maximum absolute atomic E-state index is 11.9. The highest BCUT2D eigenvalue weighted by molar-refractivity contribution is 5.98. The number of ether oxygens (including phenoxy) is 1. The summed E-state index contributed by atoms with van der Waals surface area (Å²) in [5.74, 6) is 0.00230. The molecule has 2 atom stereocenters. The zero-order valence-corrected chi connectivity index (χ0v) is 13.9. The van der Waals surface area contributed by atoms with Gasteiger partial charge in [-0.3, -0.25) is 14.9 Å². The van der Waals surface area contributed by atoms with E-state index in [2.05, 4.69) is 16.0 Å². The summed E-state index contributed by atoms with van der Waals surface area (Å²) < 4.78 is 5.10. The van der Waals surface area contributed by atoms with Crippen molar-refractivity contribution in [1.82, 2.24) is 16.0 Å². The van der Waals surface area contributed by atoms with Gasteiger partial charge in [-0.15, -0.1) is 0 Å². The van der Waals surface area contributed by atoms with Gasteiger partial charge in [-0.1, -0.05) is 12.1 Å². The number of nitrogens with one attached hydrogen (secondary N) is 3. The van der Waals surface area contributed by atoms with Crippen LogP contribution in [0.1, 0.15) is 25.3 Å². The molecule has 1 aromatic rings. The van der Waals surface area contributed by atoms with E-state index >= 15 is 0 Å². The Kier molecular flexibility index (Phi) is 6.17. The lowest BCUT2D eigenvalue weighted by Gasteiger charge is -2.28. The van der Waals surface area contributed by atoms with Crippen LogP contribution in [0.3, 0.4) is 0 Å². The Morgan fingerprint density at radius 1 is 1.25 bits per heavy atom. The quantitative estimate of drug-likeness (QED) is 0.693. The molecule has 7 nitrogen and oxygen atoms in total. The SMILES string of the molecule is COc1ccc(CCNC(=O)CCC2C(=O)NC(=O)NC2C)cc1. The minimum atomic E-state index is -0.479. The van der Waals surface area contributed by atoms with Crippen molar-refractivity contribution in [3.63, 3.8) is 0 Å². The first-order chi connectivity index (χ1) is 11.5. The second-order valence-electron chi connectivity index (χ2n) is 5.84. The topological polar surface area (TPSA) is 96.5 Å². The van der Waals surface area contributed by atoms with E-state index in [-0.39, 0.29) is 30.2 Å². The molecular formula is C17H23N3O4. The van der Waals surface area contributed by atoms with Gasteiger partial charge in [0.05, 0.1) is 13.0 Å². The molecule has 4 amide bonds. The highest BCUT2D eigenvalue weighted by Gasteiger charge is 2.32. The van der Waals surface area contributed by atoms with Crippen LogP contribution >= 0.6 is 0 Å². The van der Waals surface area contributed by atoms with Crippen molar-refractivity contribution < 1.29 is 19.1 Å². The van der Waals surface area contributed by atoms with Crippen molar-refractivity contribution in [3.05, 3.63) is 29.8 Å². The summed E-state index contributed by atoms with van der Waals surface area (Å²) in [6.45, 7) is 2.30. The summed E-state index contributed by atoms with van der Waals surface area (Å²) in [5, 5.41) is 7.72. The molecule has 1 aliphatic heterocycles. The fourth-order valence-electron chi connectivity index (χ4n) is 2.67. The van der Waals surface area contributed by atoms with Gasteiger partial charge in [0, 0.05) is 19.0 Å². The smallest absolute Gasteiger partial charge is 0.321 e. The largest absolute Gasteiger partial charge is 0.497 e. The van der Waals surface area contributed by atoms with E-state index in [0.29, 0.717) is 13.0 Å². The third kappa shape index (κ3) is 4.97. The van der Waals surface area contributed by atoms with Gasteiger partial charge in [-0.05, 0) is 37.5 Å². The second kappa shape index (κ2) is 8.33. The molecule has 2 rings (SSSR count). The average molecular weight is 333 g/mol. The Hall–Kier alpha value is -2.57. The van der Waals surface area contributed by atoms with Crippen LogP contribution in [-0.2, 0) is 16.0 Å². The van der Waals surface area contributed by atoms with Crippen LogP contribution in [0.5, 0.6) is 5.75 Å². The van der Waals surface area contributed by atoms with Crippen LogP contribution in [0.25, 0.3) is 0 Å². The van der Waals surface area contributed by atoms with E-state index in [4.69, 9.17) is 4.74 Å². The summed E-state index contributed by atoms with van der Waals surface area (Å²) in [5.41, 5.74) is 1.11. The van der Waals surface area contributed by atoms with Crippen LogP contribution in [0.15, 0.2) is 24.3 Å². The molecule has 0 aliphatic carbocycles. The fraction of sp³-hybridized carbons (Fsp3) is 0.471. The van der Waals surface area contributed by atoms with Gasteiger partial charge >= 0.3 is 6.03 Å². The predicted molar refractivity (Wildman–Crippen MR) is 88.6 cm³/mol. The summed E-state index contributed by atoms with van der Waals surface area (Å²) in [6.07, 6.45) is 1.38. The van der Waals surface area contributed by atoms with Gasteiger partial charge in [0.1, 0.15) is 5.75 Å². The number of carbonyl (C=O) groups is 3. The molecule has 1 saturated heterocycles. The van der Waals surface area contributed by atoms with E-state index in [1.807, 2.05) is 24.3 Å². The lowest BCUT2D eigenvalue weighted by Crippen LogP contribution is -2.57. The number of methoxy groups -OCH3 is 1. The zero-order chi connectivity index (χ0) is 17.5. The minimum Gasteiger partial charge on any atom is -0.497 e. The van der Waals surface area contributed by atoms with E-state index in [0.717, 1.165) is 17.7 Å². The number of hydrogen-bond donors (Lipinski definition) is 3. The molecule has 0 bridgehead atoms. The predicted octanol–water partition coefficient (Wildman–Crippen LogP) is 0.978. The molecule has 2 unspecified atom stereocenters. The van der Waals surface area contributed by atoms with Crippen LogP contribution in [0.4, 0.5) is 4.79 Å². The Bertz CT molecular complexity index is 600. The number of amides is 4. The zero-order valence-electron chi connectivity index (χ0n) is 13.9. The number of carbonyl (C=O) groups excluding carboxylic acids is 3. The number of urea groups is 1. The molecule has 1 heterocycles. The van der Waals surface area contributed by atoms with Crippen molar-refractivity contribution in [2.75, 3.05) is 13.7 Å². The lowest BCUT2D eigenvalue weighted by molar-refractivity contribution is -0.126. The molecule has 130 valence electrons. The van der Waals surface area contributed by atoms with Crippen molar-refractivity contribution in [3.8, 4) is 5.75 Å². The summed E-state index contributed by atoms with van der Waals surface area (Å²) in [7, 11) is 1.62. The molecule has 1 fully saturated rings.